The minimum absolute atomic E-state index is 0.321. The molecule has 0 amide bonds. The van der Waals surface area contributed by atoms with Gasteiger partial charge in [-0.2, -0.15) is 0 Å². The van der Waals surface area contributed by atoms with E-state index in [1.54, 1.807) is 18.2 Å². The third kappa shape index (κ3) is 4.39. The molecule has 0 aliphatic rings. The van der Waals surface area contributed by atoms with Crippen molar-refractivity contribution in [3.05, 3.63) is 40.4 Å². The molecule has 6 heteroatoms. The summed E-state index contributed by atoms with van der Waals surface area (Å²) in [4.78, 5) is 8.86. The summed E-state index contributed by atoms with van der Waals surface area (Å²) < 4.78 is 14.6. The van der Waals surface area contributed by atoms with Crippen LogP contribution in [-0.2, 0) is 6.42 Å². The molecule has 4 nitrogen and oxygen atoms in total. The van der Waals surface area contributed by atoms with Gasteiger partial charge in [-0.05, 0) is 31.5 Å². The Hall–Kier alpha value is -1.69. The van der Waals surface area contributed by atoms with Crippen LogP contribution in [0.15, 0.2) is 28.7 Å². The van der Waals surface area contributed by atoms with E-state index in [-0.39, 0.29) is 5.82 Å². The molecule has 0 aliphatic heterocycles. The fourth-order valence-electron chi connectivity index (χ4n) is 1.90. The minimum Gasteiger partial charge on any atom is -0.370 e. The van der Waals surface area contributed by atoms with Crippen LogP contribution in [0.5, 0.6) is 0 Å². The number of benzene rings is 1. The molecular weight excluding hydrogens is 335 g/mol. The van der Waals surface area contributed by atoms with Gasteiger partial charge in [-0.15, -0.1) is 0 Å². The van der Waals surface area contributed by atoms with Crippen molar-refractivity contribution >= 4 is 33.3 Å². The largest absolute Gasteiger partial charge is 0.370 e. The topological polar surface area (TPSA) is 49.8 Å². The van der Waals surface area contributed by atoms with E-state index in [0.717, 1.165) is 35.5 Å². The smallest absolute Gasteiger partial charge is 0.146 e. The van der Waals surface area contributed by atoms with Crippen molar-refractivity contribution in [3.8, 4) is 0 Å². The first kappa shape index (κ1) is 15.7. The van der Waals surface area contributed by atoms with Crippen molar-refractivity contribution in [2.45, 2.75) is 26.7 Å². The maximum Gasteiger partial charge on any atom is 0.146 e. The monoisotopic (exact) mass is 352 g/mol. The van der Waals surface area contributed by atoms with Gasteiger partial charge in [0.05, 0.1) is 5.69 Å². The molecule has 0 fully saturated rings. The normalized spacial score (nSPS) is 10.5. The van der Waals surface area contributed by atoms with Crippen LogP contribution < -0.4 is 10.6 Å². The van der Waals surface area contributed by atoms with Gasteiger partial charge < -0.3 is 10.6 Å². The van der Waals surface area contributed by atoms with Crippen LogP contribution in [0.25, 0.3) is 0 Å². The second-order valence-corrected chi connectivity index (χ2v) is 5.50. The highest BCUT2D eigenvalue weighted by atomic mass is 79.9. The van der Waals surface area contributed by atoms with Gasteiger partial charge >= 0.3 is 0 Å². The number of aromatic nitrogens is 2. The molecule has 2 N–H and O–H groups in total. The third-order valence-electron chi connectivity index (χ3n) is 2.80. The summed E-state index contributed by atoms with van der Waals surface area (Å²) in [5.74, 6) is 1.75. The number of nitrogens with zero attached hydrogens (tertiary/aromatic N) is 2. The number of halogens is 2. The first-order chi connectivity index (χ1) is 10.1. The first-order valence-electron chi connectivity index (χ1n) is 6.96. The Morgan fingerprint density at radius 3 is 2.62 bits per heavy atom. The van der Waals surface area contributed by atoms with Gasteiger partial charge in [0, 0.05) is 23.5 Å². The summed E-state index contributed by atoms with van der Waals surface area (Å²) in [5, 5.41) is 6.18. The second-order valence-electron chi connectivity index (χ2n) is 4.58. The van der Waals surface area contributed by atoms with E-state index in [1.165, 1.54) is 6.07 Å². The Labute approximate surface area is 132 Å². The summed E-state index contributed by atoms with van der Waals surface area (Å²) in [6.45, 7) is 4.85. The summed E-state index contributed by atoms with van der Waals surface area (Å²) >= 11 is 3.34. The van der Waals surface area contributed by atoms with Gasteiger partial charge in [0.1, 0.15) is 23.3 Å². The zero-order valence-corrected chi connectivity index (χ0v) is 13.7. The number of hydrogen-bond donors (Lipinski definition) is 2. The van der Waals surface area contributed by atoms with Gasteiger partial charge in [0.15, 0.2) is 0 Å². The molecule has 0 saturated carbocycles. The van der Waals surface area contributed by atoms with Crippen molar-refractivity contribution in [2.75, 3.05) is 17.2 Å². The highest BCUT2D eigenvalue weighted by Gasteiger charge is 2.07. The lowest BCUT2D eigenvalue weighted by Gasteiger charge is -2.11. The highest BCUT2D eigenvalue weighted by molar-refractivity contribution is 9.10. The van der Waals surface area contributed by atoms with Gasteiger partial charge in [0.25, 0.3) is 0 Å². The number of aryl methyl sites for hydroxylation is 1. The lowest BCUT2D eigenvalue weighted by Crippen LogP contribution is -2.06. The Balaban J connectivity index is 2.31. The van der Waals surface area contributed by atoms with E-state index in [9.17, 15) is 4.39 Å². The molecule has 0 spiro atoms. The van der Waals surface area contributed by atoms with Crippen LogP contribution >= 0.6 is 15.9 Å². The molecule has 1 aromatic heterocycles. The third-order valence-corrected chi connectivity index (χ3v) is 3.29. The van der Waals surface area contributed by atoms with Crippen LogP contribution in [0.4, 0.5) is 21.7 Å². The summed E-state index contributed by atoms with van der Waals surface area (Å²) in [7, 11) is 0. The molecule has 112 valence electrons. The first-order valence-corrected chi connectivity index (χ1v) is 7.75. The van der Waals surface area contributed by atoms with Crippen LogP contribution in [0, 0.1) is 5.82 Å². The van der Waals surface area contributed by atoms with E-state index in [0.29, 0.717) is 11.5 Å². The zero-order valence-electron chi connectivity index (χ0n) is 12.1. The van der Waals surface area contributed by atoms with E-state index in [4.69, 9.17) is 0 Å². The van der Waals surface area contributed by atoms with Gasteiger partial charge in [-0.1, -0.05) is 22.9 Å². The van der Waals surface area contributed by atoms with E-state index in [1.807, 2.05) is 6.92 Å². The number of rotatable bonds is 6. The fourth-order valence-corrected chi connectivity index (χ4v) is 2.26. The van der Waals surface area contributed by atoms with Crippen molar-refractivity contribution < 1.29 is 4.39 Å². The molecule has 0 unspecified atom stereocenters. The lowest BCUT2D eigenvalue weighted by molar-refractivity contribution is 0.631. The van der Waals surface area contributed by atoms with Crippen molar-refractivity contribution in [2.24, 2.45) is 0 Å². The number of anilines is 3. The summed E-state index contributed by atoms with van der Waals surface area (Å²) in [6, 6.07) is 6.53. The molecule has 0 bridgehead atoms. The standard InChI is InChI=1S/C15H18BrFN4/c1-3-5-13-20-14(18-4-2)9-15(21-13)19-12-8-10(16)6-7-11(12)17/h6-9H,3-5H2,1-2H3,(H2,18,19,20,21). The molecule has 0 aliphatic carbocycles. The molecular formula is C15H18BrFN4. The zero-order chi connectivity index (χ0) is 15.2. The highest BCUT2D eigenvalue weighted by Crippen LogP contribution is 2.24. The molecule has 1 heterocycles. The molecule has 0 radical (unpaired) electrons. The average Bonchev–Trinajstić information content (AvgIpc) is 2.43. The molecule has 1 aromatic carbocycles. The SMILES string of the molecule is CCCc1nc(NCC)cc(Nc2cc(Br)ccc2F)n1. The molecule has 2 rings (SSSR count). The van der Waals surface area contributed by atoms with Crippen molar-refractivity contribution in [1.82, 2.24) is 9.97 Å². The molecule has 2 aromatic rings. The van der Waals surface area contributed by atoms with E-state index < -0.39 is 0 Å². The van der Waals surface area contributed by atoms with Crippen LogP contribution in [-0.4, -0.2) is 16.5 Å². The Morgan fingerprint density at radius 2 is 1.90 bits per heavy atom. The number of nitrogens with one attached hydrogen (secondary N) is 2. The van der Waals surface area contributed by atoms with Gasteiger partial charge in [0.2, 0.25) is 0 Å². The van der Waals surface area contributed by atoms with Gasteiger partial charge in [-0.3, -0.25) is 0 Å². The predicted octanol–water partition coefficient (Wildman–Crippen LogP) is 4.51. The quantitative estimate of drug-likeness (QED) is 0.803. The van der Waals surface area contributed by atoms with E-state index >= 15 is 0 Å². The maximum atomic E-state index is 13.8. The number of hydrogen-bond acceptors (Lipinski definition) is 4. The summed E-state index contributed by atoms with van der Waals surface area (Å²) in [5.41, 5.74) is 0.382. The minimum atomic E-state index is -0.321. The molecule has 0 saturated heterocycles. The van der Waals surface area contributed by atoms with Crippen LogP contribution in [0.2, 0.25) is 0 Å². The maximum absolute atomic E-state index is 13.8. The van der Waals surface area contributed by atoms with Crippen LogP contribution in [0.3, 0.4) is 0 Å². The van der Waals surface area contributed by atoms with Crippen molar-refractivity contribution in [3.63, 3.8) is 0 Å². The lowest BCUT2D eigenvalue weighted by atomic mass is 10.3. The fraction of sp³-hybridized carbons (Fsp3) is 0.333. The predicted molar refractivity (Wildman–Crippen MR) is 87.6 cm³/mol. The van der Waals surface area contributed by atoms with Crippen LogP contribution in [0.1, 0.15) is 26.1 Å². The van der Waals surface area contributed by atoms with Crippen molar-refractivity contribution in [1.29, 1.82) is 0 Å². The summed E-state index contributed by atoms with van der Waals surface area (Å²) in [6.07, 6.45) is 1.75. The van der Waals surface area contributed by atoms with Gasteiger partial charge in [-0.25, -0.2) is 14.4 Å². The molecule has 0 atom stereocenters. The Morgan fingerprint density at radius 1 is 1.14 bits per heavy atom. The Bertz CT molecular complexity index is 594. The molecule has 21 heavy (non-hydrogen) atoms. The van der Waals surface area contributed by atoms with E-state index in [2.05, 4.69) is 43.5 Å². The second kappa shape index (κ2) is 7.36. The average molecular weight is 353 g/mol. The Kier molecular flexibility index (Phi) is 5.50.